The lowest BCUT2D eigenvalue weighted by atomic mass is 9.44. The lowest BCUT2D eigenvalue weighted by Crippen LogP contribution is -2.54. The number of ketones is 1. The third kappa shape index (κ3) is 3.52. The Bertz CT molecular complexity index is 757. The fourth-order valence-corrected chi connectivity index (χ4v) is 8.34. The second-order valence-corrected chi connectivity index (χ2v) is 10.9. The van der Waals surface area contributed by atoms with Gasteiger partial charge in [-0.05, 0) is 99.2 Å². The van der Waals surface area contributed by atoms with Crippen LogP contribution in [-0.4, -0.2) is 28.9 Å². The van der Waals surface area contributed by atoms with E-state index in [1.165, 1.54) is 32.1 Å². The predicted octanol–water partition coefficient (Wildman–Crippen LogP) is 4.79. The summed E-state index contributed by atoms with van der Waals surface area (Å²) in [6, 6.07) is 0. The van der Waals surface area contributed by atoms with Crippen molar-refractivity contribution in [2.45, 2.75) is 84.7 Å². The first kappa shape index (κ1) is 21.6. The number of hydrogen-bond donors (Lipinski definition) is 1. The number of Topliss-reactive ketones (excluding diaryl/α,β-unsaturated/α-hetero) is 1. The van der Waals surface area contributed by atoms with E-state index in [4.69, 9.17) is 9.84 Å². The van der Waals surface area contributed by atoms with Gasteiger partial charge in [0.15, 0.2) is 0 Å². The highest BCUT2D eigenvalue weighted by atomic mass is 16.5. The van der Waals surface area contributed by atoms with E-state index in [9.17, 15) is 14.4 Å². The largest absolute Gasteiger partial charge is 0.478 e. The summed E-state index contributed by atoms with van der Waals surface area (Å²) in [5, 5.41) is 8.68. The standard InChI is InChI=1S/C25H36O5/c1-15(26)19-6-7-20-18-5-4-16-14-17(30-23(29)9-8-22(27)28)10-12-24(16,2)21(18)11-13-25(19,20)3/h8-9,16-21H,4-7,10-14H2,1-3H3,(H,27,28)/b9-8-/t16-,17-,18?,19?,20?,21?,24+,25-/m1/s1. The number of carbonyl (C=O) groups is 3. The summed E-state index contributed by atoms with van der Waals surface area (Å²) in [6.45, 7) is 6.65. The smallest absolute Gasteiger partial charge is 0.331 e. The van der Waals surface area contributed by atoms with Crippen LogP contribution < -0.4 is 0 Å². The molecular weight excluding hydrogens is 380 g/mol. The monoisotopic (exact) mass is 416 g/mol. The number of carboxylic acid groups (broad SMARTS) is 1. The third-order valence-electron chi connectivity index (χ3n) is 9.75. The van der Waals surface area contributed by atoms with E-state index in [1.54, 1.807) is 6.92 Å². The van der Waals surface area contributed by atoms with Gasteiger partial charge in [-0.3, -0.25) is 4.79 Å². The maximum atomic E-state index is 12.3. The molecule has 5 nitrogen and oxygen atoms in total. The van der Waals surface area contributed by atoms with Crippen molar-refractivity contribution < 1.29 is 24.2 Å². The number of rotatable bonds is 4. The van der Waals surface area contributed by atoms with Gasteiger partial charge in [0.05, 0.1) is 0 Å². The normalized spacial score (nSPS) is 45.3. The molecule has 0 aromatic rings. The van der Waals surface area contributed by atoms with Crippen molar-refractivity contribution in [3.63, 3.8) is 0 Å². The molecule has 0 radical (unpaired) electrons. The van der Waals surface area contributed by atoms with E-state index < -0.39 is 11.9 Å². The molecular formula is C25H36O5. The van der Waals surface area contributed by atoms with E-state index in [-0.39, 0.29) is 17.4 Å². The fraction of sp³-hybridized carbons (Fsp3) is 0.800. The van der Waals surface area contributed by atoms with Crippen LogP contribution in [0.2, 0.25) is 0 Å². The van der Waals surface area contributed by atoms with Gasteiger partial charge in [-0.15, -0.1) is 0 Å². The van der Waals surface area contributed by atoms with Gasteiger partial charge >= 0.3 is 11.9 Å². The summed E-state index contributed by atoms with van der Waals surface area (Å²) in [7, 11) is 0. The molecule has 0 saturated heterocycles. The Balaban J connectivity index is 1.44. The van der Waals surface area contributed by atoms with Gasteiger partial charge in [0, 0.05) is 18.1 Å². The van der Waals surface area contributed by atoms with Gasteiger partial charge in [-0.2, -0.15) is 0 Å². The molecule has 0 bridgehead atoms. The predicted molar refractivity (Wildman–Crippen MR) is 113 cm³/mol. The lowest BCUT2D eigenvalue weighted by molar-refractivity contribution is -0.158. The summed E-state index contributed by atoms with van der Waals surface area (Å²) < 4.78 is 5.57. The van der Waals surface area contributed by atoms with Crippen LogP contribution in [0.15, 0.2) is 12.2 Å². The SMILES string of the molecule is CC(=O)C1CCC2C3CC[C@@H]4C[C@H](OC(=O)/C=C\C(=O)O)CC[C@]4(C)C3CC[C@]12C. The highest BCUT2D eigenvalue weighted by Crippen LogP contribution is 2.67. The molecule has 4 fully saturated rings. The maximum Gasteiger partial charge on any atom is 0.331 e. The van der Waals surface area contributed by atoms with Crippen LogP contribution >= 0.6 is 0 Å². The zero-order chi connectivity index (χ0) is 21.7. The quantitative estimate of drug-likeness (QED) is 0.526. The fourth-order valence-electron chi connectivity index (χ4n) is 8.34. The van der Waals surface area contributed by atoms with Crippen LogP contribution in [0.3, 0.4) is 0 Å². The Morgan fingerprint density at radius 3 is 2.30 bits per heavy atom. The number of hydrogen-bond acceptors (Lipinski definition) is 4. The minimum Gasteiger partial charge on any atom is -0.478 e. The third-order valence-corrected chi connectivity index (χ3v) is 9.75. The molecule has 0 aromatic heterocycles. The molecule has 0 heterocycles. The average Bonchev–Trinajstić information content (AvgIpc) is 3.04. The first-order valence-electron chi connectivity index (χ1n) is 11.8. The molecule has 0 aliphatic heterocycles. The Morgan fingerprint density at radius 1 is 0.900 bits per heavy atom. The van der Waals surface area contributed by atoms with Crippen molar-refractivity contribution in [1.29, 1.82) is 0 Å². The molecule has 4 rings (SSSR count). The van der Waals surface area contributed by atoms with E-state index in [1.807, 2.05) is 0 Å². The maximum absolute atomic E-state index is 12.3. The van der Waals surface area contributed by atoms with Crippen molar-refractivity contribution in [2.24, 2.45) is 40.4 Å². The van der Waals surface area contributed by atoms with E-state index in [0.717, 1.165) is 43.8 Å². The first-order chi connectivity index (χ1) is 14.1. The molecule has 4 saturated carbocycles. The van der Waals surface area contributed by atoms with Crippen LogP contribution in [0.1, 0.15) is 78.6 Å². The van der Waals surface area contributed by atoms with Gasteiger partial charge in [0.2, 0.25) is 0 Å². The van der Waals surface area contributed by atoms with Gasteiger partial charge < -0.3 is 9.84 Å². The topological polar surface area (TPSA) is 80.7 Å². The zero-order valence-corrected chi connectivity index (χ0v) is 18.6. The number of esters is 1. The lowest BCUT2D eigenvalue weighted by Gasteiger charge is -2.61. The Labute approximate surface area is 179 Å². The highest BCUT2D eigenvalue weighted by Gasteiger charge is 2.60. The highest BCUT2D eigenvalue weighted by molar-refractivity contribution is 5.90. The summed E-state index contributed by atoms with van der Waals surface area (Å²) in [5.74, 6) is 1.64. The van der Waals surface area contributed by atoms with Gasteiger partial charge in [-0.25, -0.2) is 9.59 Å². The summed E-state index contributed by atoms with van der Waals surface area (Å²) in [4.78, 5) is 34.8. The van der Waals surface area contributed by atoms with Crippen LogP contribution in [0.4, 0.5) is 0 Å². The number of carboxylic acids is 1. The second-order valence-electron chi connectivity index (χ2n) is 10.9. The molecule has 8 atom stereocenters. The van der Waals surface area contributed by atoms with Crippen molar-refractivity contribution in [3.8, 4) is 0 Å². The Morgan fingerprint density at radius 2 is 1.60 bits per heavy atom. The zero-order valence-electron chi connectivity index (χ0n) is 18.6. The number of aliphatic carboxylic acids is 1. The van der Waals surface area contributed by atoms with E-state index in [0.29, 0.717) is 29.0 Å². The molecule has 166 valence electrons. The number of fused-ring (bicyclic) bond motifs is 5. The van der Waals surface area contributed by atoms with Crippen LogP contribution in [0, 0.1) is 40.4 Å². The summed E-state index contributed by atoms with van der Waals surface area (Å²) >= 11 is 0. The minimum absolute atomic E-state index is 0.104. The van der Waals surface area contributed by atoms with E-state index in [2.05, 4.69) is 13.8 Å². The van der Waals surface area contributed by atoms with Crippen molar-refractivity contribution in [2.75, 3.05) is 0 Å². The van der Waals surface area contributed by atoms with Crippen molar-refractivity contribution in [1.82, 2.24) is 0 Å². The number of carbonyl (C=O) groups excluding carboxylic acids is 2. The Hall–Kier alpha value is -1.65. The molecule has 0 amide bonds. The van der Waals surface area contributed by atoms with Crippen LogP contribution in [0.5, 0.6) is 0 Å². The van der Waals surface area contributed by atoms with Crippen LogP contribution in [-0.2, 0) is 19.1 Å². The van der Waals surface area contributed by atoms with Gasteiger partial charge in [-0.1, -0.05) is 13.8 Å². The molecule has 1 N–H and O–H groups in total. The molecule has 4 unspecified atom stereocenters. The van der Waals surface area contributed by atoms with Crippen LogP contribution in [0.25, 0.3) is 0 Å². The molecule has 5 heteroatoms. The second kappa shape index (κ2) is 7.80. The van der Waals surface area contributed by atoms with Crippen molar-refractivity contribution >= 4 is 17.7 Å². The number of ether oxygens (including phenoxy) is 1. The van der Waals surface area contributed by atoms with E-state index >= 15 is 0 Å². The minimum atomic E-state index is -1.13. The summed E-state index contributed by atoms with van der Waals surface area (Å²) in [6.07, 6.45) is 11.7. The molecule has 4 aliphatic rings. The van der Waals surface area contributed by atoms with Gasteiger partial charge in [0.25, 0.3) is 0 Å². The molecule has 30 heavy (non-hydrogen) atoms. The Kier molecular flexibility index (Phi) is 5.61. The molecule has 0 spiro atoms. The molecule has 0 aromatic carbocycles. The first-order valence-corrected chi connectivity index (χ1v) is 11.8. The van der Waals surface area contributed by atoms with Crippen molar-refractivity contribution in [3.05, 3.63) is 12.2 Å². The summed E-state index contributed by atoms with van der Waals surface area (Å²) in [5.41, 5.74) is 0.484. The average molecular weight is 417 g/mol. The van der Waals surface area contributed by atoms with Gasteiger partial charge in [0.1, 0.15) is 11.9 Å². The molecule has 4 aliphatic carbocycles.